The van der Waals surface area contributed by atoms with Gasteiger partial charge >= 0.3 is 0 Å². The molecule has 0 saturated heterocycles. The van der Waals surface area contributed by atoms with Gasteiger partial charge in [-0.2, -0.15) is 0 Å². The zero-order valence-electron chi connectivity index (χ0n) is 15.4. The quantitative estimate of drug-likeness (QED) is 0.529. The van der Waals surface area contributed by atoms with Crippen LogP contribution in [-0.4, -0.2) is 51.2 Å². The summed E-state index contributed by atoms with van der Waals surface area (Å²) in [4.78, 5) is 9.87. The minimum Gasteiger partial charge on any atom is -0.489 e. The number of halogens is 1. The lowest BCUT2D eigenvalue weighted by molar-refractivity contribution is -0.0860. The molecule has 148 valence electrons. The van der Waals surface area contributed by atoms with Crippen molar-refractivity contribution < 1.29 is 24.9 Å². The molecule has 0 fully saturated rings. The fourth-order valence-corrected chi connectivity index (χ4v) is 2.65. The largest absolute Gasteiger partial charge is 0.489 e. The van der Waals surface area contributed by atoms with E-state index in [0.29, 0.717) is 39.9 Å². The maximum absolute atomic E-state index is 10.3. The smallest absolute Gasteiger partial charge is 0.147 e. The van der Waals surface area contributed by atoms with Crippen molar-refractivity contribution in [1.82, 2.24) is 10.0 Å². The summed E-state index contributed by atoms with van der Waals surface area (Å²) in [6.07, 6.45) is 0.670. The molecular weight excluding hydrogens is 372 g/mol. The molecule has 0 aliphatic rings. The lowest BCUT2D eigenvalue weighted by Gasteiger charge is -2.24. The number of ether oxygens (including phenoxy) is 1. The number of likely N-dealkylation sites (N-methyl/N-ethyl adjacent to an activating group) is 1. The summed E-state index contributed by atoms with van der Waals surface area (Å²) in [6, 6.07) is 6.95. The van der Waals surface area contributed by atoms with Crippen molar-refractivity contribution in [3.05, 3.63) is 52.3 Å². The number of aliphatic hydroxyl groups is 3. The van der Waals surface area contributed by atoms with Gasteiger partial charge in [0.15, 0.2) is 0 Å². The summed E-state index contributed by atoms with van der Waals surface area (Å²) in [6.45, 7) is 3.88. The van der Waals surface area contributed by atoms with Crippen molar-refractivity contribution >= 4 is 11.6 Å². The average Bonchev–Trinajstić information content (AvgIpc) is 2.67. The third-order valence-corrected chi connectivity index (χ3v) is 4.22. The van der Waals surface area contributed by atoms with Crippen LogP contribution in [0.5, 0.6) is 11.5 Å². The van der Waals surface area contributed by atoms with E-state index in [2.05, 4.69) is 4.98 Å². The Hall–Kier alpha value is -1.90. The molecule has 2 aromatic rings. The highest BCUT2D eigenvalue weighted by Gasteiger charge is 2.17. The van der Waals surface area contributed by atoms with Gasteiger partial charge in [0.25, 0.3) is 0 Å². The second-order valence-electron chi connectivity index (χ2n) is 5.98. The number of aromatic nitrogens is 1. The first kappa shape index (κ1) is 21.4. The van der Waals surface area contributed by atoms with Crippen molar-refractivity contribution in [2.24, 2.45) is 0 Å². The number of benzene rings is 1. The van der Waals surface area contributed by atoms with Crippen molar-refractivity contribution in [2.75, 3.05) is 19.7 Å². The molecule has 8 heteroatoms. The van der Waals surface area contributed by atoms with Crippen molar-refractivity contribution in [1.29, 1.82) is 0 Å². The number of pyridine rings is 1. The lowest BCUT2D eigenvalue weighted by Crippen LogP contribution is -2.37. The normalized spacial score (nSPS) is 12.3. The monoisotopic (exact) mass is 396 g/mol. The number of hydrogen-bond donors (Lipinski definition) is 3. The molecule has 27 heavy (non-hydrogen) atoms. The Morgan fingerprint density at radius 3 is 2.48 bits per heavy atom. The van der Waals surface area contributed by atoms with E-state index < -0.39 is 6.10 Å². The van der Waals surface area contributed by atoms with Gasteiger partial charge in [-0.25, -0.2) is 0 Å². The van der Waals surface area contributed by atoms with Gasteiger partial charge in [0.2, 0.25) is 0 Å². The predicted molar refractivity (Wildman–Crippen MR) is 102 cm³/mol. The molecule has 0 spiro atoms. The average molecular weight is 397 g/mol. The van der Waals surface area contributed by atoms with Crippen LogP contribution in [-0.2, 0) is 13.2 Å². The predicted octanol–water partition coefficient (Wildman–Crippen LogP) is 2.08. The van der Waals surface area contributed by atoms with E-state index in [9.17, 15) is 15.3 Å². The molecular formula is C19H25ClN2O5. The molecule has 0 radical (unpaired) electrons. The first-order chi connectivity index (χ1) is 13.0. The number of hydroxylamine groups is 2. The van der Waals surface area contributed by atoms with Crippen LogP contribution in [0, 0.1) is 6.92 Å². The number of aryl methyl sites for hydroxylation is 1. The molecule has 3 N–H and O–H groups in total. The van der Waals surface area contributed by atoms with Gasteiger partial charge in [-0.3, -0.25) is 4.98 Å². The Kier molecular flexibility index (Phi) is 8.27. The standard InChI is InChI=1S/C19H25ClN2O5/c1-3-22(27-17-6-4-15(20)5-7-17)9-16(25)12-26-19-13(2)21-8-14(10-23)18(19)11-24/h4-8,16,23-25H,3,9-12H2,1-2H3. The Balaban J connectivity index is 1.96. The highest BCUT2D eigenvalue weighted by molar-refractivity contribution is 6.30. The molecule has 0 aliphatic heterocycles. The molecule has 0 bridgehead atoms. The fourth-order valence-electron chi connectivity index (χ4n) is 2.52. The Morgan fingerprint density at radius 1 is 1.19 bits per heavy atom. The molecule has 0 aliphatic carbocycles. The number of hydrogen-bond acceptors (Lipinski definition) is 7. The third kappa shape index (κ3) is 6.05. The van der Waals surface area contributed by atoms with Crippen LogP contribution in [0.2, 0.25) is 5.02 Å². The van der Waals surface area contributed by atoms with E-state index in [1.165, 1.54) is 6.20 Å². The van der Waals surface area contributed by atoms with E-state index in [4.69, 9.17) is 21.2 Å². The Labute approximate surface area is 163 Å². The summed E-state index contributed by atoms with van der Waals surface area (Å²) in [7, 11) is 0. The molecule has 0 saturated carbocycles. The van der Waals surface area contributed by atoms with Gasteiger partial charge in [0.05, 0.1) is 25.5 Å². The Morgan fingerprint density at radius 2 is 1.89 bits per heavy atom. The van der Waals surface area contributed by atoms with E-state index in [-0.39, 0.29) is 26.4 Å². The van der Waals surface area contributed by atoms with Gasteiger partial charge in [-0.1, -0.05) is 11.6 Å². The third-order valence-electron chi connectivity index (χ3n) is 3.97. The van der Waals surface area contributed by atoms with Crippen LogP contribution >= 0.6 is 11.6 Å². The van der Waals surface area contributed by atoms with Gasteiger partial charge < -0.3 is 24.9 Å². The van der Waals surface area contributed by atoms with Crippen LogP contribution in [0.3, 0.4) is 0 Å². The number of rotatable bonds is 10. The van der Waals surface area contributed by atoms with E-state index in [1.807, 2.05) is 6.92 Å². The minimum absolute atomic E-state index is 0.00905. The second kappa shape index (κ2) is 10.4. The summed E-state index contributed by atoms with van der Waals surface area (Å²) < 4.78 is 5.69. The van der Waals surface area contributed by atoms with Crippen LogP contribution < -0.4 is 9.57 Å². The van der Waals surface area contributed by atoms with Gasteiger partial charge in [-0.05, 0) is 38.1 Å². The van der Waals surface area contributed by atoms with Gasteiger partial charge in [0.1, 0.15) is 24.2 Å². The molecule has 1 aromatic heterocycles. The van der Waals surface area contributed by atoms with Crippen LogP contribution in [0.25, 0.3) is 0 Å². The summed E-state index contributed by atoms with van der Waals surface area (Å²) in [5, 5.41) is 31.5. The van der Waals surface area contributed by atoms with Crippen molar-refractivity contribution in [3.63, 3.8) is 0 Å². The zero-order chi connectivity index (χ0) is 19.8. The SMILES string of the molecule is CCN(CC(O)COc1c(C)ncc(CO)c1CO)Oc1ccc(Cl)cc1. The topological polar surface area (TPSA) is 95.3 Å². The second-order valence-corrected chi connectivity index (χ2v) is 6.42. The molecule has 7 nitrogen and oxygen atoms in total. The van der Waals surface area contributed by atoms with Crippen molar-refractivity contribution in [3.8, 4) is 11.5 Å². The first-order valence-corrected chi connectivity index (χ1v) is 9.04. The fraction of sp³-hybridized carbons (Fsp3) is 0.421. The lowest BCUT2D eigenvalue weighted by atomic mass is 10.1. The molecule has 0 amide bonds. The summed E-state index contributed by atoms with van der Waals surface area (Å²) in [5.41, 5.74) is 1.55. The molecule has 1 atom stereocenters. The van der Waals surface area contributed by atoms with E-state index in [1.54, 1.807) is 36.3 Å². The van der Waals surface area contributed by atoms with Crippen LogP contribution in [0.4, 0.5) is 0 Å². The first-order valence-electron chi connectivity index (χ1n) is 8.66. The van der Waals surface area contributed by atoms with Crippen molar-refractivity contribution in [2.45, 2.75) is 33.2 Å². The molecule has 1 unspecified atom stereocenters. The molecule has 2 rings (SSSR count). The Bertz CT molecular complexity index is 727. The van der Waals surface area contributed by atoms with E-state index >= 15 is 0 Å². The summed E-state index contributed by atoms with van der Waals surface area (Å²) in [5.74, 6) is 0.998. The number of aliphatic hydroxyl groups excluding tert-OH is 3. The van der Waals surface area contributed by atoms with Gasteiger partial charge in [-0.15, -0.1) is 5.06 Å². The minimum atomic E-state index is -0.832. The van der Waals surface area contributed by atoms with Gasteiger partial charge in [0, 0.05) is 28.9 Å². The molecule has 1 heterocycles. The maximum atomic E-state index is 10.3. The number of nitrogens with zero attached hydrogens (tertiary/aromatic N) is 2. The van der Waals surface area contributed by atoms with E-state index in [0.717, 1.165) is 0 Å². The highest BCUT2D eigenvalue weighted by Crippen LogP contribution is 2.25. The zero-order valence-corrected chi connectivity index (χ0v) is 16.2. The van der Waals surface area contributed by atoms with Crippen LogP contribution in [0.15, 0.2) is 30.5 Å². The van der Waals surface area contributed by atoms with Crippen LogP contribution in [0.1, 0.15) is 23.7 Å². The maximum Gasteiger partial charge on any atom is 0.147 e. The summed E-state index contributed by atoms with van der Waals surface area (Å²) >= 11 is 5.86. The highest BCUT2D eigenvalue weighted by atomic mass is 35.5. The molecule has 1 aromatic carbocycles.